The first-order valence-corrected chi connectivity index (χ1v) is 9.15. The van der Waals surface area contributed by atoms with E-state index in [0.29, 0.717) is 23.8 Å². The Balaban J connectivity index is 1.87. The van der Waals surface area contributed by atoms with E-state index in [-0.39, 0.29) is 0 Å². The van der Waals surface area contributed by atoms with E-state index in [1.807, 2.05) is 0 Å². The summed E-state index contributed by atoms with van der Waals surface area (Å²) in [7, 11) is 0. The van der Waals surface area contributed by atoms with Gasteiger partial charge in [-0.05, 0) is 55.7 Å². The monoisotopic (exact) mass is 308 g/mol. The summed E-state index contributed by atoms with van der Waals surface area (Å²) in [6.07, 6.45) is 6.59. The van der Waals surface area contributed by atoms with Gasteiger partial charge in [-0.1, -0.05) is 25.1 Å². The first kappa shape index (κ1) is 13.8. The first-order valence-electron chi connectivity index (χ1n) is 9.15. The van der Waals surface area contributed by atoms with Crippen molar-refractivity contribution in [3.63, 3.8) is 0 Å². The normalized spacial score (nSPS) is 30.3. The Morgan fingerprint density at radius 2 is 2.04 bits per heavy atom. The quantitative estimate of drug-likeness (QED) is 0.790. The number of para-hydroxylation sites is 1. The van der Waals surface area contributed by atoms with Gasteiger partial charge in [0, 0.05) is 24.0 Å². The second-order valence-corrected chi connectivity index (χ2v) is 7.62. The molecule has 1 fully saturated rings. The highest BCUT2D eigenvalue weighted by molar-refractivity contribution is 5.97. The highest BCUT2D eigenvalue weighted by Gasteiger charge is 2.50. The van der Waals surface area contributed by atoms with Crippen LogP contribution in [0.3, 0.4) is 0 Å². The highest BCUT2D eigenvalue weighted by Crippen LogP contribution is 2.56. The van der Waals surface area contributed by atoms with Crippen molar-refractivity contribution in [2.75, 3.05) is 13.1 Å². The zero-order valence-corrected chi connectivity index (χ0v) is 13.8. The minimum atomic E-state index is 0.297. The summed E-state index contributed by atoms with van der Waals surface area (Å²) in [6.45, 7) is 4.68. The molecule has 0 spiro atoms. The molecule has 4 heterocycles. The number of hydrogen-bond donors (Lipinski definition) is 0. The van der Waals surface area contributed by atoms with Gasteiger partial charge in [0.05, 0.1) is 11.6 Å². The molecular weight excluding hydrogens is 284 g/mol. The van der Waals surface area contributed by atoms with Crippen LogP contribution >= 0.6 is 0 Å². The van der Waals surface area contributed by atoms with Crippen LogP contribution in [-0.2, 0) is 6.42 Å². The fourth-order valence-corrected chi connectivity index (χ4v) is 5.67. The predicted molar refractivity (Wildman–Crippen MR) is 91.8 cm³/mol. The van der Waals surface area contributed by atoms with E-state index >= 15 is 0 Å². The maximum absolute atomic E-state index is 13.0. The average molecular weight is 308 g/mol. The Bertz CT molecular complexity index is 805. The summed E-state index contributed by atoms with van der Waals surface area (Å²) in [4.78, 5) is 15.7. The van der Waals surface area contributed by atoms with Crippen molar-refractivity contribution in [3.05, 3.63) is 35.5 Å². The lowest BCUT2D eigenvalue weighted by Gasteiger charge is -2.51. The van der Waals surface area contributed by atoms with Crippen LogP contribution in [-0.4, -0.2) is 28.5 Å². The summed E-state index contributed by atoms with van der Waals surface area (Å²) in [5.74, 6) is 0.312. The molecule has 120 valence electrons. The van der Waals surface area contributed by atoms with Gasteiger partial charge < -0.3 is 0 Å². The van der Waals surface area contributed by atoms with Gasteiger partial charge in [0.25, 0.3) is 0 Å². The molecule has 5 rings (SSSR count). The van der Waals surface area contributed by atoms with Gasteiger partial charge in [-0.2, -0.15) is 0 Å². The largest absolute Gasteiger partial charge is 0.294 e. The van der Waals surface area contributed by atoms with E-state index in [1.165, 1.54) is 42.5 Å². The van der Waals surface area contributed by atoms with E-state index in [2.05, 4.69) is 40.7 Å². The molecular formula is C20H24N2O. The lowest BCUT2D eigenvalue weighted by molar-refractivity contribution is -0.00451. The summed E-state index contributed by atoms with van der Waals surface area (Å²) in [6, 6.07) is 8.98. The average Bonchev–Trinajstić information content (AvgIpc) is 2.87. The van der Waals surface area contributed by atoms with Crippen molar-refractivity contribution in [1.82, 2.24) is 9.47 Å². The van der Waals surface area contributed by atoms with Gasteiger partial charge in [-0.15, -0.1) is 0 Å². The predicted octanol–water partition coefficient (Wildman–Crippen LogP) is 4.16. The number of hydrogen-bond acceptors (Lipinski definition) is 2. The lowest BCUT2D eigenvalue weighted by Crippen LogP contribution is -2.49. The molecule has 0 unspecified atom stereocenters. The van der Waals surface area contributed by atoms with Crippen LogP contribution in [0.25, 0.3) is 10.9 Å². The third-order valence-corrected chi connectivity index (χ3v) is 6.78. The molecule has 3 aliphatic heterocycles. The smallest absolute Gasteiger partial charge is 0.231 e. The van der Waals surface area contributed by atoms with E-state index in [4.69, 9.17) is 0 Å². The molecule has 0 saturated carbocycles. The van der Waals surface area contributed by atoms with Gasteiger partial charge in [-0.25, -0.2) is 0 Å². The summed E-state index contributed by atoms with van der Waals surface area (Å²) in [5, 5.41) is 1.31. The number of piperidine rings is 1. The molecule has 3 heteroatoms. The molecule has 23 heavy (non-hydrogen) atoms. The number of nitrogens with zero attached hydrogens (tertiary/aromatic N) is 2. The van der Waals surface area contributed by atoms with Crippen LogP contribution in [0, 0.1) is 5.41 Å². The van der Waals surface area contributed by atoms with Crippen LogP contribution in [0.4, 0.5) is 0 Å². The molecule has 1 saturated heterocycles. The fraction of sp³-hybridized carbons (Fsp3) is 0.550. The van der Waals surface area contributed by atoms with Gasteiger partial charge in [0.1, 0.15) is 0 Å². The van der Waals surface area contributed by atoms with Gasteiger partial charge in [0.15, 0.2) is 0 Å². The van der Waals surface area contributed by atoms with Crippen molar-refractivity contribution < 1.29 is 4.79 Å². The molecule has 0 radical (unpaired) electrons. The summed E-state index contributed by atoms with van der Waals surface area (Å²) in [5.41, 5.74) is 4.24. The molecule has 3 aliphatic rings. The molecule has 3 nitrogen and oxygen atoms in total. The van der Waals surface area contributed by atoms with Gasteiger partial charge in [0.2, 0.25) is 5.91 Å². The molecule has 2 aromatic rings. The number of carbonyl (C=O) groups is 1. The van der Waals surface area contributed by atoms with Crippen LogP contribution in [0.2, 0.25) is 0 Å². The second kappa shape index (κ2) is 4.70. The van der Waals surface area contributed by atoms with Crippen molar-refractivity contribution >= 4 is 16.8 Å². The molecule has 0 bridgehead atoms. The van der Waals surface area contributed by atoms with Crippen molar-refractivity contribution in [1.29, 1.82) is 0 Å². The lowest BCUT2D eigenvalue weighted by atomic mass is 9.66. The minimum Gasteiger partial charge on any atom is -0.294 e. The van der Waals surface area contributed by atoms with Gasteiger partial charge >= 0.3 is 0 Å². The third kappa shape index (κ3) is 1.66. The zero-order valence-electron chi connectivity index (χ0n) is 13.8. The number of fused-ring (bicyclic) bond motifs is 3. The molecule has 0 aliphatic carbocycles. The van der Waals surface area contributed by atoms with Crippen molar-refractivity contribution in [3.8, 4) is 0 Å². The number of aromatic nitrogens is 1. The molecule has 2 atom stereocenters. The minimum absolute atomic E-state index is 0.297. The number of benzene rings is 1. The zero-order chi connectivity index (χ0) is 15.6. The Hall–Kier alpha value is -1.61. The second-order valence-electron chi connectivity index (χ2n) is 7.62. The topological polar surface area (TPSA) is 25.2 Å². The molecule has 1 aromatic carbocycles. The third-order valence-electron chi connectivity index (χ3n) is 6.78. The maximum Gasteiger partial charge on any atom is 0.231 e. The SMILES string of the molecule is CC[C@@]12CCCN3CCc4c(n(c5ccccc45)C(=O)CC1)[C@@H]32. The summed E-state index contributed by atoms with van der Waals surface area (Å²) >= 11 is 0. The Labute approximate surface area is 137 Å². The van der Waals surface area contributed by atoms with Crippen LogP contribution in [0.15, 0.2) is 24.3 Å². The van der Waals surface area contributed by atoms with Crippen LogP contribution in [0.5, 0.6) is 0 Å². The van der Waals surface area contributed by atoms with Crippen molar-refractivity contribution in [2.24, 2.45) is 5.41 Å². The van der Waals surface area contributed by atoms with Crippen LogP contribution < -0.4 is 0 Å². The van der Waals surface area contributed by atoms with E-state index in [0.717, 1.165) is 24.9 Å². The Kier molecular flexibility index (Phi) is 2.82. The van der Waals surface area contributed by atoms with E-state index in [1.54, 1.807) is 0 Å². The first-order chi connectivity index (χ1) is 11.2. The highest BCUT2D eigenvalue weighted by atomic mass is 16.2. The van der Waals surface area contributed by atoms with Gasteiger partial charge in [-0.3, -0.25) is 14.3 Å². The molecule has 1 aromatic heterocycles. The standard InChI is InChI=1S/C20H24N2O/c1-2-20-10-5-12-21-13-9-15-14-6-3-4-7-16(14)22(17(23)8-11-20)18(15)19(20)21/h3-4,6-7,19H,2,5,8-13H2,1H3/t19-,20-/m1/s1. The van der Waals surface area contributed by atoms with Crippen LogP contribution in [0.1, 0.15) is 61.1 Å². The Morgan fingerprint density at radius 3 is 2.91 bits per heavy atom. The fourth-order valence-electron chi connectivity index (χ4n) is 5.67. The van der Waals surface area contributed by atoms with E-state index < -0.39 is 0 Å². The summed E-state index contributed by atoms with van der Waals surface area (Å²) < 4.78 is 2.10. The molecule has 0 amide bonds. The van der Waals surface area contributed by atoms with E-state index in [9.17, 15) is 4.79 Å². The van der Waals surface area contributed by atoms with Crippen molar-refractivity contribution in [2.45, 2.75) is 51.5 Å². The number of carbonyl (C=O) groups excluding carboxylic acids is 1. The Morgan fingerprint density at radius 1 is 1.17 bits per heavy atom. The maximum atomic E-state index is 13.0. The number of rotatable bonds is 1. The molecule has 0 N–H and O–H groups in total.